The summed E-state index contributed by atoms with van der Waals surface area (Å²) in [7, 11) is 1.37. The molecule has 0 fully saturated rings. The maximum atomic E-state index is 13.8. The molecular formula is C14H12ClFN2O2. The van der Waals surface area contributed by atoms with Crippen LogP contribution in [0, 0.1) is 12.7 Å². The van der Waals surface area contributed by atoms with Gasteiger partial charge < -0.3 is 10.1 Å². The van der Waals surface area contributed by atoms with Crippen molar-refractivity contribution in [2.45, 2.75) is 6.92 Å². The van der Waals surface area contributed by atoms with Crippen molar-refractivity contribution in [2.75, 3.05) is 12.4 Å². The Morgan fingerprint density at radius 2 is 2.20 bits per heavy atom. The van der Waals surface area contributed by atoms with Crippen LogP contribution < -0.4 is 10.1 Å². The molecule has 0 saturated carbocycles. The molecule has 2 aromatic rings. The highest BCUT2D eigenvalue weighted by molar-refractivity contribution is 6.30. The lowest BCUT2D eigenvalue weighted by atomic mass is 10.1. The molecule has 0 unspecified atom stereocenters. The molecule has 0 aliphatic carbocycles. The summed E-state index contributed by atoms with van der Waals surface area (Å²) in [5.41, 5.74) is 0.995. The van der Waals surface area contributed by atoms with Gasteiger partial charge in [0.25, 0.3) is 5.91 Å². The van der Waals surface area contributed by atoms with Gasteiger partial charge in [0.15, 0.2) is 0 Å². The predicted molar refractivity (Wildman–Crippen MR) is 74.9 cm³/mol. The summed E-state index contributed by atoms with van der Waals surface area (Å²) in [4.78, 5) is 16.0. The van der Waals surface area contributed by atoms with Crippen LogP contribution in [0.3, 0.4) is 0 Å². The highest BCUT2D eigenvalue weighted by Crippen LogP contribution is 2.23. The summed E-state index contributed by atoms with van der Waals surface area (Å²) < 4.78 is 18.7. The third-order valence-electron chi connectivity index (χ3n) is 2.69. The van der Waals surface area contributed by atoms with Crippen molar-refractivity contribution in [3.8, 4) is 5.75 Å². The van der Waals surface area contributed by atoms with E-state index in [1.165, 1.54) is 31.5 Å². The standard InChI is InChI=1S/C14H12ClFN2O2/c1-8-6-9(7-17-13(8)15)18-14(19)12-10(16)4-3-5-11(12)20-2/h3-7H,1-2H3,(H,18,19). The average molecular weight is 295 g/mol. The number of benzene rings is 1. The number of carbonyl (C=O) groups excluding carboxylic acids is 1. The zero-order valence-corrected chi connectivity index (χ0v) is 11.7. The van der Waals surface area contributed by atoms with E-state index in [1.54, 1.807) is 13.0 Å². The molecule has 0 spiro atoms. The van der Waals surface area contributed by atoms with Crippen molar-refractivity contribution in [3.05, 3.63) is 52.6 Å². The number of rotatable bonds is 3. The minimum absolute atomic E-state index is 0.150. The monoisotopic (exact) mass is 294 g/mol. The molecule has 0 atom stereocenters. The topological polar surface area (TPSA) is 51.2 Å². The maximum absolute atomic E-state index is 13.8. The van der Waals surface area contributed by atoms with E-state index >= 15 is 0 Å². The van der Waals surface area contributed by atoms with Crippen molar-refractivity contribution >= 4 is 23.2 Å². The zero-order chi connectivity index (χ0) is 14.7. The lowest BCUT2D eigenvalue weighted by Crippen LogP contribution is -2.15. The van der Waals surface area contributed by atoms with Crippen LogP contribution in [0.5, 0.6) is 5.75 Å². The molecule has 4 nitrogen and oxygen atoms in total. The van der Waals surface area contributed by atoms with Crippen LogP contribution in [0.1, 0.15) is 15.9 Å². The van der Waals surface area contributed by atoms with E-state index in [2.05, 4.69) is 10.3 Å². The Kier molecular flexibility index (Phi) is 4.20. The number of nitrogens with one attached hydrogen (secondary N) is 1. The van der Waals surface area contributed by atoms with Gasteiger partial charge in [-0.2, -0.15) is 0 Å². The van der Waals surface area contributed by atoms with Crippen molar-refractivity contribution < 1.29 is 13.9 Å². The number of carbonyl (C=O) groups is 1. The molecule has 104 valence electrons. The fourth-order valence-corrected chi connectivity index (χ4v) is 1.82. The Bertz CT molecular complexity index is 662. The number of anilines is 1. The van der Waals surface area contributed by atoms with Crippen LogP contribution in [0.25, 0.3) is 0 Å². The van der Waals surface area contributed by atoms with Crippen molar-refractivity contribution in [2.24, 2.45) is 0 Å². The fraction of sp³-hybridized carbons (Fsp3) is 0.143. The number of hydrogen-bond donors (Lipinski definition) is 1. The second-order valence-electron chi connectivity index (χ2n) is 4.10. The van der Waals surface area contributed by atoms with E-state index < -0.39 is 11.7 Å². The molecule has 1 heterocycles. The van der Waals surface area contributed by atoms with Crippen molar-refractivity contribution in [1.82, 2.24) is 4.98 Å². The molecule has 1 N–H and O–H groups in total. The van der Waals surface area contributed by atoms with Gasteiger partial charge in [-0.25, -0.2) is 9.37 Å². The van der Waals surface area contributed by atoms with Crippen LogP contribution in [-0.4, -0.2) is 18.0 Å². The van der Waals surface area contributed by atoms with Crippen LogP contribution >= 0.6 is 11.6 Å². The minimum Gasteiger partial charge on any atom is -0.496 e. The summed E-state index contributed by atoms with van der Waals surface area (Å²) >= 11 is 5.80. The zero-order valence-electron chi connectivity index (χ0n) is 10.9. The highest BCUT2D eigenvalue weighted by Gasteiger charge is 2.17. The normalized spacial score (nSPS) is 10.2. The Labute approximate surface area is 120 Å². The number of amides is 1. The van der Waals surface area contributed by atoms with E-state index in [0.29, 0.717) is 16.4 Å². The average Bonchev–Trinajstić information content (AvgIpc) is 2.42. The molecule has 2 rings (SSSR count). The van der Waals surface area contributed by atoms with Gasteiger partial charge >= 0.3 is 0 Å². The summed E-state index contributed by atoms with van der Waals surface area (Å²) in [6, 6.07) is 5.84. The van der Waals surface area contributed by atoms with Gasteiger partial charge in [-0.1, -0.05) is 17.7 Å². The summed E-state index contributed by atoms with van der Waals surface area (Å²) in [6.45, 7) is 1.76. The molecule has 0 aliphatic rings. The first-order chi connectivity index (χ1) is 9.52. The van der Waals surface area contributed by atoms with Gasteiger partial charge in [0.05, 0.1) is 19.0 Å². The SMILES string of the molecule is COc1cccc(F)c1C(=O)Nc1cnc(Cl)c(C)c1. The summed E-state index contributed by atoms with van der Waals surface area (Å²) in [5.74, 6) is -1.09. The van der Waals surface area contributed by atoms with Crippen molar-refractivity contribution in [1.29, 1.82) is 0 Å². The Morgan fingerprint density at radius 3 is 2.85 bits per heavy atom. The van der Waals surface area contributed by atoms with E-state index in [0.717, 1.165) is 0 Å². The lowest BCUT2D eigenvalue weighted by Gasteiger charge is -2.10. The Hall–Kier alpha value is -2.14. The molecule has 20 heavy (non-hydrogen) atoms. The largest absolute Gasteiger partial charge is 0.496 e. The van der Waals surface area contributed by atoms with E-state index in [1.807, 2.05) is 0 Å². The molecule has 0 saturated heterocycles. The van der Waals surface area contributed by atoms with Gasteiger partial charge in [0.1, 0.15) is 22.3 Å². The van der Waals surface area contributed by atoms with Crippen LogP contribution in [0.15, 0.2) is 30.5 Å². The first-order valence-corrected chi connectivity index (χ1v) is 6.16. The number of aromatic nitrogens is 1. The van der Waals surface area contributed by atoms with Gasteiger partial charge in [-0.15, -0.1) is 0 Å². The Balaban J connectivity index is 2.30. The molecule has 1 aromatic heterocycles. The predicted octanol–water partition coefficient (Wildman–Crippen LogP) is 3.44. The first-order valence-electron chi connectivity index (χ1n) is 5.79. The molecule has 0 aliphatic heterocycles. The summed E-state index contributed by atoms with van der Waals surface area (Å²) in [6.07, 6.45) is 1.40. The molecule has 0 radical (unpaired) electrons. The number of pyridine rings is 1. The summed E-state index contributed by atoms with van der Waals surface area (Å²) in [5, 5.41) is 2.91. The third kappa shape index (κ3) is 2.88. The number of aryl methyl sites for hydroxylation is 1. The van der Waals surface area contributed by atoms with Gasteiger partial charge in [0, 0.05) is 0 Å². The molecule has 0 bridgehead atoms. The van der Waals surface area contributed by atoms with Crippen LogP contribution in [0.4, 0.5) is 10.1 Å². The number of halogens is 2. The lowest BCUT2D eigenvalue weighted by molar-refractivity contribution is 0.102. The third-order valence-corrected chi connectivity index (χ3v) is 3.09. The smallest absolute Gasteiger partial charge is 0.262 e. The molecule has 1 amide bonds. The fourth-order valence-electron chi connectivity index (χ4n) is 1.71. The number of ether oxygens (including phenoxy) is 1. The molecule has 1 aromatic carbocycles. The maximum Gasteiger partial charge on any atom is 0.262 e. The van der Waals surface area contributed by atoms with E-state index in [-0.39, 0.29) is 11.3 Å². The molecule has 6 heteroatoms. The highest BCUT2D eigenvalue weighted by atomic mass is 35.5. The number of nitrogens with zero attached hydrogens (tertiary/aromatic N) is 1. The van der Waals surface area contributed by atoms with Gasteiger partial charge in [0.2, 0.25) is 0 Å². The van der Waals surface area contributed by atoms with Crippen molar-refractivity contribution in [3.63, 3.8) is 0 Å². The van der Waals surface area contributed by atoms with Crippen LogP contribution in [0.2, 0.25) is 5.15 Å². The molecular weight excluding hydrogens is 283 g/mol. The second kappa shape index (κ2) is 5.88. The minimum atomic E-state index is -0.652. The Morgan fingerprint density at radius 1 is 1.45 bits per heavy atom. The van der Waals surface area contributed by atoms with Crippen LogP contribution in [-0.2, 0) is 0 Å². The van der Waals surface area contributed by atoms with Gasteiger partial charge in [-0.3, -0.25) is 4.79 Å². The first kappa shape index (κ1) is 14.3. The van der Waals surface area contributed by atoms with E-state index in [9.17, 15) is 9.18 Å². The quantitative estimate of drug-likeness (QED) is 0.882. The van der Waals surface area contributed by atoms with Gasteiger partial charge in [-0.05, 0) is 30.7 Å². The van der Waals surface area contributed by atoms with E-state index in [4.69, 9.17) is 16.3 Å². The number of hydrogen-bond acceptors (Lipinski definition) is 3. The second-order valence-corrected chi connectivity index (χ2v) is 4.46. The number of methoxy groups -OCH3 is 1.